The van der Waals surface area contributed by atoms with E-state index < -0.39 is 5.97 Å². The Kier molecular flexibility index (Phi) is 4.24. The van der Waals surface area contributed by atoms with E-state index in [1.807, 2.05) is 19.1 Å². The SMILES string of the molecule is Cc1cccnc1CNCC(C)C(=O)O. The van der Waals surface area contributed by atoms with E-state index in [1.165, 1.54) is 0 Å². The molecule has 1 atom stereocenters. The van der Waals surface area contributed by atoms with Gasteiger partial charge in [-0.3, -0.25) is 9.78 Å². The standard InChI is InChI=1S/C11H16N2O2/c1-8-4-3-5-13-10(8)7-12-6-9(2)11(14)15/h3-5,9,12H,6-7H2,1-2H3,(H,14,15). The summed E-state index contributed by atoms with van der Waals surface area (Å²) in [6, 6.07) is 3.88. The molecule has 0 aliphatic rings. The number of carbonyl (C=O) groups is 1. The van der Waals surface area contributed by atoms with E-state index in [0.717, 1.165) is 11.3 Å². The van der Waals surface area contributed by atoms with Crippen molar-refractivity contribution in [1.82, 2.24) is 10.3 Å². The van der Waals surface area contributed by atoms with Crippen LogP contribution < -0.4 is 5.32 Å². The normalized spacial score (nSPS) is 12.4. The predicted octanol–water partition coefficient (Wildman–Crippen LogP) is 1.20. The number of aliphatic carboxylic acids is 1. The van der Waals surface area contributed by atoms with Gasteiger partial charge >= 0.3 is 5.97 Å². The molecule has 0 spiro atoms. The summed E-state index contributed by atoms with van der Waals surface area (Å²) in [5, 5.41) is 11.8. The molecule has 1 unspecified atom stereocenters. The van der Waals surface area contributed by atoms with Crippen molar-refractivity contribution >= 4 is 5.97 Å². The summed E-state index contributed by atoms with van der Waals surface area (Å²) in [5.74, 6) is -1.14. The van der Waals surface area contributed by atoms with Gasteiger partial charge in [-0.1, -0.05) is 13.0 Å². The molecule has 0 radical (unpaired) electrons. The molecule has 4 heteroatoms. The highest BCUT2D eigenvalue weighted by Gasteiger charge is 2.09. The summed E-state index contributed by atoms with van der Waals surface area (Å²) in [7, 11) is 0. The van der Waals surface area contributed by atoms with Crippen LogP contribution in [-0.2, 0) is 11.3 Å². The number of aryl methyl sites for hydroxylation is 1. The molecular formula is C11H16N2O2. The molecule has 15 heavy (non-hydrogen) atoms. The number of carboxylic acids is 1. The van der Waals surface area contributed by atoms with E-state index in [0.29, 0.717) is 13.1 Å². The van der Waals surface area contributed by atoms with Crippen LogP contribution in [0, 0.1) is 12.8 Å². The van der Waals surface area contributed by atoms with Crippen LogP contribution in [0.2, 0.25) is 0 Å². The maximum Gasteiger partial charge on any atom is 0.307 e. The Bertz CT molecular complexity index is 339. The van der Waals surface area contributed by atoms with Crippen molar-refractivity contribution in [3.8, 4) is 0 Å². The molecule has 82 valence electrons. The molecular weight excluding hydrogens is 192 g/mol. The Balaban J connectivity index is 2.38. The molecule has 0 aliphatic heterocycles. The maximum atomic E-state index is 10.6. The van der Waals surface area contributed by atoms with Crippen molar-refractivity contribution in [2.75, 3.05) is 6.54 Å². The van der Waals surface area contributed by atoms with Gasteiger partial charge in [0.1, 0.15) is 0 Å². The maximum absolute atomic E-state index is 10.6. The third-order valence-electron chi connectivity index (χ3n) is 2.28. The van der Waals surface area contributed by atoms with Gasteiger partial charge in [0, 0.05) is 19.3 Å². The van der Waals surface area contributed by atoms with Crippen LogP contribution in [0.4, 0.5) is 0 Å². The van der Waals surface area contributed by atoms with Gasteiger partial charge < -0.3 is 10.4 Å². The lowest BCUT2D eigenvalue weighted by Crippen LogP contribution is -2.26. The van der Waals surface area contributed by atoms with Crippen LogP contribution in [0.15, 0.2) is 18.3 Å². The molecule has 0 saturated heterocycles. The summed E-state index contributed by atoms with van der Waals surface area (Å²) in [5.41, 5.74) is 2.09. The number of hydrogen-bond donors (Lipinski definition) is 2. The number of nitrogens with one attached hydrogen (secondary N) is 1. The van der Waals surface area contributed by atoms with Gasteiger partial charge in [-0.05, 0) is 18.6 Å². The van der Waals surface area contributed by atoms with E-state index in [4.69, 9.17) is 5.11 Å². The van der Waals surface area contributed by atoms with Crippen LogP contribution in [0.1, 0.15) is 18.2 Å². The highest BCUT2D eigenvalue weighted by molar-refractivity contribution is 5.69. The van der Waals surface area contributed by atoms with Crippen molar-refractivity contribution in [3.63, 3.8) is 0 Å². The lowest BCUT2D eigenvalue weighted by atomic mass is 10.2. The zero-order chi connectivity index (χ0) is 11.3. The summed E-state index contributed by atoms with van der Waals surface area (Å²) < 4.78 is 0. The van der Waals surface area contributed by atoms with Crippen LogP contribution in [-0.4, -0.2) is 22.6 Å². The van der Waals surface area contributed by atoms with E-state index in [2.05, 4.69) is 10.3 Å². The number of carboxylic acid groups (broad SMARTS) is 1. The fourth-order valence-electron chi connectivity index (χ4n) is 1.20. The van der Waals surface area contributed by atoms with E-state index in [1.54, 1.807) is 13.1 Å². The number of nitrogens with zero attached hydrogens (tertiary/aromatic N) is 1. The fourth-order valence-corrected chi connectivity index (χ4v) is 1.20. The molecule has 0 fully saturated rings. The largest absolute Gasteiger partial charge is 0.481 e. The molecule has 0 aromatic carbocycles. The number of rotatable bonds is 5. The van der Waals surface area contributed by atoms with E-state index in [-0.39, 0.29) is 5.92 Å². The van der Waals surface area contributed by atoms with Gasteiger partial charge in [0.05, 0.1) is 11.6 Å². The first-order valence-electron chi connectivity index (χ1n) is 4.95. The van der Waals surface area contributed by atoms with Gasteiger partial charge in [0.2, 0.25) is 0 Å². The Hall–Kier alpha value is -1.42. The molecule has 2 N–H and O–H groups in total. The Morgan fingerprint density at radius 3 is 3.00 bits per heavy atom. The third kappa shape index (κ3) is 3.67. The van der Waals surface area contributed by atoms with Gasteiger partial charge in [-0.25, -0.2) is 0 Å². The molecule has 1 heterocycles. The second-order valence-electron chi connectivity index (χ2n) is 3.64. The first kappa shape index (κ1) is 11.7. The van der Waals surface area contributed by atoms with Crippen LogP contribution in [0.3, 0.4) is 0 Å². The molecule has 0 bridgehead atoms. The molecule has 1 rings (SSSR count). The smallest absolute Gasteiger partial charge is 0.307 e. The van der Waals surface area contributed by atoms with Crippen LogP contribution in [0.5, 0.6) is 0 Å². The van der Waals surface area contributed by atoms with Crippen molar-refractivity contribution in [2.45, 2.75) is 20.4 Å². The molecule has 0 amide bonds. The summed E-state index contributed by atoms with van der Waals surface area (Å²) in [6.07, 6.45) is 1.74. The second kappa shape index (κ2) is 5.46. The van der Waals surface area contributed by atoms with Crippen molar-refractivity contribution in [2.24, 2.45) is 5.92 Å². The van der Waals surface area contributed by atoms with Gasteiger partial charge in [-0.2, -0.15) is 0 Å². The van der Waals surface area contributed by atoms with Gasteiger partial charge in [0.15, 0.2) is 0 Å². The predicted molar refractivity (Wildman–Crippen MR) is 57.5 cm³/mol. The number of hydrogen-bond acceptors (Lipinski definition) is 3. The van der Waals surface area contributed by atoms with E-state index in [9.17, 15) is 4.79 Å². The highest BCUT2D eigenvalue weighted by Crippen LogP contribution is 2.02. The summed E-state index contributed by atoms with van der Waals surface area (Å²) in [6.45, 7) is 4.75. The summed E-state index contributed by atoms with van der Waals surface area (Å²) >= 11 is 0. The third-order valence-corrected chi connectivity index (χ3v) is 2.28. The van der Waals surface area contributed by atoms with Crippen molar-refractivity contribution < 1.29 is 9.90 Å². The minimum atomic E-state index is -0.778. The zero-order valence-electron chi connectivity index (χ0n) is 9.03. The molecule has 0 saturated carbocycles. The monoisotopic (exact) mass is 208 g/mol. The molecule has 4 nitrogen and oxygen atoms in total. The topological polar surface area (TPSA) is 62.2 Å². The first-order valence-corrected chi connectivity index (χ1v) is 4.95. The fraction of sp³-hybridized carbons (Fsp3) is 0.455. The van der Waals surface area contributed by atoms with Gasteiger partial charge in [-0.15, -0.1) is 0 Å². The molecule has 1 aromatic rings. The van der Waals surface area contributed by atoms with Crippen molar-refractivity contribution in [1.29, 1.82) is 0 Å². The number of pyridine rings is 1. The average molecular weight is 208 g/mol. The van der Waals surface area contributed by atoms with Crippen LogP contribution in [0.25, 0.3) is 0 Å². The second-order valence-corrected chi connectivity index (χ2v) is 3.64. The zero-order valence-corrected chi connectivity index (χ0v) is 9.03. The minimum absolute atomic E-state index is 0.367. The lowest BCUT2D eigenvalue weighted by Gasteiger charge is -2.08. The van der Waals surface area contributed by atoms with Crippen LogP contribution >= 0.6 is 0 Å². The Morgan fingerprint density at radius 2 is 2.40 bits per heavy atom. The average Bonchev–Trinajstić information content (AvgIpc) is 2.20. The molecule has 0 aliphatic carbocycles. The highest BCUT2D eigenvalue weighted by atomic mass is 16.4. The quantitative estimate of drug-likeness (QED) is 0.763. The first-order chi connectivity index (χ1) is 7.11. The Labute approximate surface area is 89.3 Å². The molecule has 1 aromatic heterocycles. The Morgan fingerprint density at radius 1 is 1.67 bits per heavy atom. The van der Waals surface area contributed by atoms with Crippen molar-refractivity contribution in [3.05, 3.63) is 29.6 Å². The number of aromatic nitrogens is 1. The minimum Gasteiger partial charge on any atom is -0.481 e. The lowest BCUT2D eigenvalue weighted by molar-refractivity contribution is -0.140. The van der Waals surface area contributed by atoms with Gasteiger partial charge in [0.25, 0.3) is 0 Å². The van der Waals surface area contributed by atoms with E-state index >= 15 is 0 Å². The summed E-state index contributed by atoms with van der Waals surface area (Å²) in [4.78, 5) is 14.8.